The number of phenolic OH excluding ortho intramolecular Hbond substituents is 2. The van der Waals surface area contributed by atoms with E-state index in [1.165, 1.54) is 14.2 Å². The van der Waals surface area contributed by atoms with Gasteiger partial charge in [-0.3, -0.25) is 9.98 Å². The SMILES string of the molecule is COc1cc(C=NCCCN=Cc2cc(OC)cc(OC)c2O)c(O)c(OC)c1. The second-order valence-corrected chi connectivity index (χ2v) is 5.96. The van der Waals surface area contributed by atoms with Gasteiger partial charge in [0.1, 0.15) is 11.5 Å². The van der Waals surface area contributed by atoms with Crippen LogP contribution in [0.3, 0.4) is 0 Å². The van der Waals surface area contributed by atoms with Crippen LogP contribution < -0.4 is 18.9 Å². The summed E-state index contributed by atoms with van der Waals surface area (Å²) in [4.78, 5) is 8.62. The molecule has 0 aromatic heterocycles. The van der Waals surface area contributed by atoms with Crippen LogP contribution in [0.15, 0.2) is 34.3 Å². The molecule has 0 fully saturated rings. The van der Waals surface area contributed by atoms with Crippen LogP contribution in [0, 0.1) is 0 Å². The van der Waals surface area contributed by atoms with E-state index in [0.29, 0.717) is 53.6 Å². The molecule has 0 saturated heterocycles. The number of aliphatic imine (C=N–C) groups is 2. The number of nitrogens with zero attached hydrogens (tertiary/aromatic N) is 2. The van der Waals surface area contributed by atoms with Gasteiger partial charge in [0.2, 0.25) is 0 Å². The highest BCUT2D eigenvalue weighted by Crippen LogP contribution is 2.34. The van der Waals surface area contributed by atoms with Crippen molar-refractivity contribution in [3.63, 3.8) is 0 Å². The standard InChI is InChI=1S/C21H26N2O6/c1-26-16-8-14(20(24)18(10-16)28-3)12-22-6-5-7-23-13-15-9-17(27-2)11-19(29-4)21(15)25/h8-13,24-25H,5-7H2,1-4H3. The van der Waals surface area contributed by atoms with Crippen LogP contribution in [0.25, 0.3) is 0 Å². The monoisotopic (exact) mass is 402 g/mol. The maximum atomic E-state index is 10.1. The van der Waals surface area contributed by atoms with Crippen LogP contribution in [0.2, 0.25) is 0 Å². The predicted molar refractivity (Wildman–Crippen MR) is 112 cm³/mol. The van der Waals surface area contributed by atoms with Crippen LogP contribution in [0.5, 0.6) is 34.5 Å². The number of hydrogen-bond donors (Lipinski definition) is 2. The summed E-state index contributed by atoms with van der Waals surface area (Å²) in [7, 11) is 6.03. The first-order valence-electron chi connectivity index (χ1n) is 8.93. The minimum absolute atomic E-state index is 0.0116. The van der Waals surface area contributed by atoms with E-state index in [0.717, 1.165) is 0 Å². The van der Waals surface area contributed by atoms with Crippen molar-refractivity contribution in [1.82, 2.24) is 0 Å². The molecule has 0 aliphatic carbocycles. The molecule has 0 amide bonds. The topological polar surface area (TPSA) is 102 Å². The average molecular weight is 402 g/mol. The molecule has 156 valence electrons. The van der Waals surface area contributed by atoms with Crippen molar-refractivity contribution in [1.29, 1.82) is 0 Å². The molecule has 2 rings (SSSR count). The number of benzene rings is 2. The fraction of sp³-hybridized carbons (Fsp3) is 0.333. The van der Waals surface area contributed by atoms with Gasteiger partial charge < -0.3 is 29.2 Å². The van der Waals surface area contributed by atoms with Crippen molar-refractivity contribution in [3.05, 3.63) is 35.4 Å². The predicted octanol–water partition coefficient (Wildman–Crippen LogP) is 3.06. The smallest absolute Gasteiger partial charge is 0.166 e. The Bertz CT molecular complexity index is 808. The van der Waals surface area contributed by atoms with Crippen molar-refractivity contribution in [2.75, 3.05) is 41.5 Å². The molecule has 2 N–H and O–H groups in total. The van der Waals surface area contributed by atoms with Gasteiger partial charge in [-0.2, -0.15) is 0 Å². The summed E-state index contributed by atoms with van der Waals surface area (Å²) >= 11 is 0. The fourth-order valence-corrected chi connectivity index (χ4v) is 2.53. The molecule has 0 spiro atoms. The second-order valence-electron chi connectivity index (χ2n) is 5.96. The Morgan fingerprint density at radius 3 is 1.45 bits per heavy atom. The summed E-state index contributed by atoms with van der Waals surface area (Å²) < 4.78 is 20.6. The van der Waals surface area contributed by atoms with Crippen molar-refractivity contribution in [2.45, 2.75) is 6.42 Å². The molecule has 29 heavy (non-hydrogen) atoms. The van der Waals surface area contributed by atoms with Crippen LogP contribution >= 0.6 is 0 Å². The number of ether oxygens (including phenoxy) is 4. The molecule has 0 heterocycles. The van der Waals surface area contributed by atoms with Crippen LogP contribution in [0.4, 0.5) is 0 Å². The largest absolute Gasteiger partial charge is 0.504 e. The Balaban J connectivity index is 1.94. The van der Waals surface area contributed by atoms with E-state index in [2.05, 4.69) is 9.98 Å². The second kappa shape index (κ2) is 10.8. The molecule has 0 atom stereocenters. The van der Waals surface area contributed by atoms with Crippen molar-refractivity contribution >= 4 is 12.4 Å². The van der Waals surface area contributed by atoms with Gasteiger partial charge in [0.15, 0.2) is 23.0 Å². The minimum atomic E-state index is 0.0116. The van der Waals surface area contributed by atoms with E-state index >= 15 is 0 Å². The maximum Gasteiger partial charge on any atom is 0.166 e. The highest BCUT2D eigenvalue weighted by atomic mass is 16.5. The van der Waals surface area contributed by atoms with Crippen molar-refractivity contribution in [3.8, 4) is 34.5 Å². The first kappa shape index (κ1) is 21.9. The summed E-state index contributed by atoms with van der Waals surface area (Å²) in [5.74, 6) is 1.81. The average Bonchev–Trinajstić information content (AvgIpc) is 2.74. The van der Waals surface area contributed by atoms with Gasteiger partial charge in [0.05, 0.1) is 28.4 Å². The third-order valence-corrected chi connectivity index (χ3v) is 4.10. The Morgan fingerprint density at radius 1 is 0.690 bits per heavy atom. The highest BCUT2D eigenvalue weighted by Gasteiger charge is 2.10. The third-order valence-electron chi connectivity index (χ3n) is 4.10. The summed E-state index contributed by atoms with van der Waals surface area (Å²) in [6.07, 6.45) is 3.84. The van der Waals surface area contributed by atoms with E-state index < -0.39 is 0 Å². The van der Waals surface area contributed by atoms with E-state index in [1.54, 1.807) is 50.9 Å². The van der Waals surface area contributed by atoms with Crippen molar-refractivity contribution in [2.24, 2.45) is 9.98 Å². The van der Waals surface area contributed by atoms with Gasteiger partial charge in [-0.05, 0) is 18.6 Å². The summed E-state index contributed by atoms with van der Waals surface area (Å²) in [5.41, 5.74) is 1.02. The minimum Gasteiger partial charge on any atom is -0.504 e. The molecule has 0 aliphatic heterocycles. The zero-order valence-electron chi connectivity index (χ0n) is 17.0. The lowest BCUT2D eigenvalue weighted by Gasteiger charge is -2.09. The molecular formula is C21H26N2O6. The molecule has 2 aromatic carbocycles. The van der Waals surface area contributed by atoms with Gasteiger partial charge in [0, 0.05) is 48.8 Å². The number of phenols is 2. The molecule has 2 aromatic rings. The molecule has 0 saturated carbocycles. The fourth-order valence-electron chi connectivity index (χ4n) is 2.53. The summed E-state index contributed by atoms with van der Waals surface area (Å²) in [5, 5.41) is 20.3. The number of rotatable bonds is 10. The zero-order chi connectivity index (χ0) is 21.2. The van der Waals surface area contributed by atoms with E-state index in [4.69, 9.17) is 18.9 Å². The van der Waals surface area contributed by atoms with Crippen LogP contribution in [-0.4, -0.2) is 64.2 Å². The lowest BCUT2D eigenvalue weighted by atomic mass is 10.2. The van der Waals surface area contributed by atoms with Gasteiger partial charge in [-0.15, -0.1) is 0 Å². The van der Waals surface area contributed by atoms with Gasteiger partial charge in [0.25, 0.3) is 0 Å². The number of methoxy groups -OCH3 is 4. The summed E-state index contributed by atoms with van der Waals surface area (Å²) in [6, 6.07) is 6.56. The molecular weight excluding hydrogens is 376 g/mol. The van der Waals surface area contributed by atoms with E-state index in [1.807, 2.05) is 0 Å². The molecule has 0 aliphatic rings. The third kappa shape index (κ3) is 5.78. The lowest BCUT2D eigenvalue weighted by molar-refractivity contribution is 0.364. The number of aromatic hydroxyl groups is 2. The molecule has 8 nitrogen and oxygen atoms in total. The quantitative estimate of drug-likeness (QED) is 0.468. The number of hydrogen-bond acceptors (Lipinski definition) is 8. The Hall–Kier alpha value is -3.42. The summed E-state index contributed by atoms with van der Waals surface area (Å²) in [6.45, 7) is 1.04. The normalized spacial score (nSPS) is 11.2. The van der Waals surface area contributed by atoms with Crippen LogP contribution in [0.1, 0.15) is 17.5 Å². The van der Waals surface area contributed by atoms with Gasteiger partial charge in [-0.25, -0.2) is 0 Å². The van der Waals surface area contributed by atoms with Gasteiger partial charge in [-0.1, -0.05) is 0 Å². The highest BCUT2D eigenvalue weighted by molar-refractivity contribution is 5.86. The first-order valence-corrected chi connectivity index (χ1v) is 8.93. The molecule has 0 unspecified atom stereocenters. The molecule has 0 radical (unpaired) electrons. The molecule has 0 bridgehead atoms. The van der Waals surface area contributed by atoms with Crippen molar-refractivity contribution < 1.29 is 29.2 Å². The van der Waals surface area contributed by atoms with E-state index in [-0.39, 0.29) is 11.5 Å². The zero-order valence-corrected chi connectivity index (χ0v) is 17.0. The maximum absolute atomic E-state index is 10.1. The first-order chi connectivity index (χ1) is 14.0. The van der Waals surface area contributed by atoms with E-state index in [9.17, 15) is 10.2 Å². The lowest BCUT2D eigenvalue weighted by Crippen LogP contribution is -1.94. The Kier molecular flexibility index (Phi) is 8.14. The van der Waals surface area contributed by atoms with Gasteiger partial charge >= 0.3 is 0 Å². The Labute approximate surface area is 170 Å². The Morgan fingerprint density at radius 2 is 1.10 bits per heavy atom. The molecule has 8 heteroatoms. The van der Waals surface area contributed by atoms with Crippen LogP contribution in [-0.2, 0) is 0 Å².